The number of aryl methyl sites for hydroxylation is 1. The monoisotopic (exact) mass is 346 g/mol. The highest BCUT2D eigenvalue weighted by Crippen LogP contribution is 2.26. The molecule has 5 heteroatoms. The Balaban J connectivity index is 1.91. The second-order valence-corrected chi connectivity index (χ2v) is 7.01. The third-order valence-corrected chi connectivity index (χ3v) is 5.28. The van der Waals surface area contributed by atoms with Crippen LogP contribution in [0.1, 0.15) is 42.3 Å². The van der Waals surface area contributed by atoms with E-state index in [1.807, 2.05) is 31.2 Å². The standard InChI is InChI=1S/C19H26N2O2S/c1-4-16(12-22)21-18(23)11-15-5-7-17(8-6-15)20-14(3)19-13(2)9-10-24-19/h5-10,14,16,20,22H,4,11-12H2,1-3H3,(H,21,23). The fraction of sp³-hybridized carbons (Fsp3) is 0.421. The molecule has 2 aromatic rings. The van der Waals surface area contributed by atoms with Gasteiger partial charge in [-0.05, 0) is 55.0 Å². The number of hydrogen-bond acceptors (Lipinski definition) is 4. The maximum Gasteiger partial charge on any atom is 0.224 e. The van der Waals surface area contributed by atoms with Crippen molar-refractivity contribution in [3.63, 3.8) is 0 Å². The van der Waals surface area contributed by atoms with Gasteiger partial charge in [-0.1, -0.05) is 19.1 Å². The van der Waals surface area contributed by atoms with Gasteiger partial charge in [0.1, 0.15) is 0 Å². The van der Waals surface area contributed by atoms with Crippen molar-refractivity contribution in [1.29, 1.82) is 0 Å². The third kappa shape index (κ3) is 5.08. The first-order valence-corrected chi connectivity index (χ1v) is 9.21. The van der Waals surface area contributed by atoms with Gasteiger partial charge in [0.15, 0.2) is 0 Å². The minimum absolute atomic E-state index is 0.0227. The number of benzene rings is 1. The fourth-order valence-electron chi connectivity index (χ4n) is 2.60. The van der Waals surface area contributed by atoms with Gasteiger partial charge in [0, 0.05) is 10.6 Å². The Bertz CT molecular complexity index is 648. The van der Waals surface area contributed by atoms with Crippen molar-refractivity contribution in [2.75, 3.05) is 11.9 Å². The van der Waals surface area contributed by atoms with Crippen LogP contribution in [0.15, 0.2) is 35.7 Å². The minimum atomic E-state index is -0.159. The van der Waals surface area contributed by atoms with Gasteiger partial charge in [-0.25, -0.2) is 0 Å². The number of amides is 1. The van der Waals surface area contributed by atoms with Gasteiger partial charge < -0.3 is 15.7 Å². The first-order valence-electron chi connectivity index (χ1n) is 8.33. The molecule has 0 bridgehead atoms. The van der Waals surface area contributed by atoms with Gasteiger partial charge in [-0.3, -0.25) is 4.79 Å². The number of hydrogen-bond donors (Lipinski definition) is 3. The molecule has 24 heavy (non-hydrogen) atoms. The Morgan fingerprint density at radius 1 is 1.25 bits per heavy atom. The average molecular weight is 346 g/mol. The van der Waals surface area contributed by atoms with Crippen LogP contribution in [0.3, 0.4) is 0 Å². The molecule has 0 aliphatic rings. The molecule has 0 saturated heterocycles. The van der Waals surface area contributed by atoms with E-state index in [1.54, 1.807) is 11.3 Å². The van der Waals surface area contributed by atoms with Crippen LogP contribution < -0.4 is 10.6 Å². The maximum atomic E-state index is 12.0. The molecule has 1 heterocycles. The highest BCUT2D eigenvalue weighted by Gasteiger charge is 2.11. The molecule has 3 N–H and O–H groups in total. The normalized spacial score (nSPS) is 13.3. The molecule has 0 aliphatic heterocycles. The van der Waals surface area contributed by atoms with Gasteiger partial charge in [0.25, 0.3) is 0 Å². The largest absolute Gasteiger partial charge is 0.394 e. The summed E-state index contributed by atoms with van der Waals surface area (Å²) in [6, 6.07) is 10.2. The van der Waals surface area contributed by atoms with Crippen LogP contribution in [0.5, 0.6) is 0 Å². The van der Waals surface area contributed by atoms with Gasteiger partial charge in [-0.2, -0.15) is 0 Å². The summed E-state index contributed by atoms with van der Waals surface area (Å²) in [5, 5.41) is 17.6. The molecule has 0 spiro atoms. The van der Waals surface area contributed by atoms with Crippen LogP contribution in [0.4, 0.5) is 5.69 Å². The molecule has 130 valence electrons. The molecule has 4 nitrogen and oxygen atoms in total. The summed E-state index contributed by atoms with van der Waals surface area (Å²) in [5.41, 5.74) is 3.31. The Morgan fingerprint density at radius 2 is 1.96 bits per heavy atom. The predicted octanol–water partition coefficient (Wildman–Crippen LogP) is 3.66. The number of carbonyl (C=O) groups is 1. The predicted molar refractivity (Wildman–Crippen MR) is 101 cm³/mol. The van der Waals surface area contributed by atoms with Crippen molar-refractivity contribution in [3.05, 3.63) is 51.7 Å². The highest BCUT2D eigenvalue weighted by atomic mass is 32.1. The van der Waals surface area contributed by atoms with Crippen LogP contribution in [0, 0.1) is 6.92 Å². The number of thiophene rings is 1. The summed E-state index contributed by atoms with van der Waals surface area (Å²) in [7, 11) is 0. The van der Waals surface area contributed by atoms with Gasteiger partial charge in [-0.15, -0.1) is 11.3 Å². The summed E-state index contributed by atoms with van der Waals surface area (Å²) in [4.78, 5) is 13.3. The second kappa shape index (κ2) is 8.85. The highest BCUT2D eigenvalue weighted by molar-refractivity contribution is 7.10. The summed E-state index contributed by atoms with van der Waals surface area (Å²) in [6.45, 7) is 6.20. The summed E-state index contributed by atoms with van der Waals surface area (Å²) in [5.74, 6) is -0.0563. The first-order chi connectivity index (χ1) is 11.5. The van der Waals surface area contributed by atoms with E-state index in [9.17, 15) is 4.79 Å². The number of rotatable bonds is 8. The van der Waals surface area contributed by atoms with Crippen molar-refractivity contribution in [2.45, 2.75) is 45.7 Å². The van der Waals surface area contributed by atoms with Gasteiger partial charge in [0.05, 0.1) is 25.1 Å². The van der Waals surface area contributed by atoms with Crippen LogP contribution in [-0.4, -0.2) is 23.7 Å². The van der Waals surface area contributed by atoms with E-state index in [1.165, 1.54) is 10.4 Å². The van der Waals surface area contributed by atoms with Gasteiger partial charge in [0.2, 0.25) is 5.91 Å². The number of aliphatic hydroxyl groups is 1. The van der Waals surface area contributed by atoms with E-state index in [2.05, 4.69) is 35.9 Å². The molecule has 2 unspecified atom stereocenters. The summed E-state index contributed by atoms with van der Waals surface area (Å²) >= 11 is 1.76. The SMILES string of the molecule is CCC(CO)NC(=O)Cc1ccc(NC(C)c2sccc2C)cc1. The first kappa shape index (κ1) is 18.5. The van der Waals surface area contributed by atoms with Crippen LogP contribution in [0.25, 0.3) is 0 Å². The zero-order valence-electron chi connectivity index (χ0n) is 14.5. The van der Waals surface area contributed by atoms with E-state index in [4.69, 9.17) is 5.11 Å². The Labute approximate surface area is 147 Å². The Morgan fingerprint density at radius 3 is 2.50 bits per heavy atom. The van der Waals surface area contributed by atoms with E-state index in [0.29, 0.717) is 6.42 Å². The molecule has 2 rings (SSSR count). The molecule has 1 aromatic carbocycles. The Kier molecular flexibility index (Phi) is 6.82. The number of aliphatic hydroxyl groups excluding tert-OH is 1. The lowest BCUT2D eigenvalue weighted by Crippen LogP contribution is -2.37. The number of nitrogens with one attached hydrogen (secondary N) is 2. The molecular formula is C19H26N2O2S. The zero-order chi connectivity index (χ0) is 17.5. The van der Waals surface area contributed by atoms with Crippen molar-refractivity contribution < 1.29 is 9.90 Å². The van der Waals surface area contributed by atoms with Crippen LogP contribution in [-0.2, 0) is 11.2 Å². The summed E-state index contributed by atoms with van der Waals surface area (Å²) < 4.78 is 0. The third-order valence-electron chi connectivity index (χ3n) is 4.08. The Hall–Kier alpha value is -1.85. The quantitative estimate of drug-likeness (QED) is 0.683. The van der Waals surface area contributed by atoms with E-state index in [0.717, 1.165) is 17.7 Å². The minimum Gasteiger partial charge on any atom is -0.394 e. The molecule has 1 aromatic heterocycles. The maximum absolute atomic E-state index is 12.0. The lowest BCUT2D eigenvalue weighted by Gasteiger charge is -2.16. The molecule has 0 radical (unpaired) electrons. The van der Waals surface area contributed by atoms with Crippen molar-refractivity contribution >= 4 is 22.9 Å². The van der Waals surface area contributed by atoms with Crippen LogP contribution in [0.2, 0.25) is 0 Å². The van der Waals surface area contributed by atoms with E-state index < -0.39 is 0 Å². The topological polar surface area (TPSA) is 61.4 Å². The number of anilines is 1. The van der Waals surface area contributed by atoms with Gasteiger partial charge >= 0.3 is 0 Å². The van der Waals surface area contributed by atoms with Crippen molar-refractivity contribution in [1.82, 2.24) is 5.32 Å². The summed E-state index contributed by atoms with van der Waals surface area (Å²) in [6.07, 6.45) is 1.06. The lowest BCUT2D eigenvalue weighted by molar-refractivity contribution is -0.121. The van der Waals surface area contributed by atoms with Crippen LogP contribution >= 0.6 is 11.3 Å². The lowest BCUT2D eigenvalue weighted by atomic mass is 10.1. The fourth-order valence-corrected chi connectivity index (χ4v) is 3.54. The molecular weight excluding hydrogens is 320 g/mol. The second-order valence-electron chi connectivity index (χ2n) is 6.06. The molecule has 1 amide bonds. The van der Waals surface area contributed by atoms with Crippen molar-refractivity contribution in [3.8, 4) is 0 Å². The van der Waals surface area contributed by atoms with Crippen molar-refractivity contribution in [2.24, 2.45) is 0 Å². The molecule has 0 fully saturated rings. The molecule has 0 saturated carbocycles. The molecule has 2 atom stereocenters. The smallest absolute Gasteiger partial charge is 0.224 e. The van der Waals surface area contributed by atoms with E-state index >= 15 is 0 Å². The van der Waals surface area contributed by atoms with E-state index in [-0.39, 0.29) is 24.6 Å². The molecule has 0 aliphatic carbocycles. The zero-order valence-corrected chi connectivity index (χ0v) is 15.3. The average Bonchev–Trinajstić information content (AvgIpc) is 3.00. The number of carbonyl (C=O) groups excluding carboxylic acids is 1.